The van der Waals surface area contributed by atoms with Crippen LogP contribution < -0.4 is 14.2 Å². The van der Waals surface area contributed by atoms with Gasteiger partial charge in [0.25, 0.3) is 5.24 Å². The lowest BCUT2D eigenvalue weighted by molar-refractivity contribution is -0.113. The molecule has 0 saturated heterocycles. The van der Waals surface area contributed by atoms with E-state index in [9.17, 15) is 4.79 Å². The zero-order valence-corrected chi connectivity index (χ0v) is 9.21. The number of ether oxygens (including phenoxy) is 3. The Bertz CT molecular complexity index is 329. The summed E-state index contributed by atoms with van der Waals surface area (Å²) in [6.45, 7) is -0.183. The van der Waals surface area contributed by atoms with Gasteiger partial charge in [0.1, 0.15) is 17.2 Å². The first-order valence-corrected chi connectivity index (χ1v) is 4.57. The molecule has 15 heavy (non-hydrogen) atoms. The number of benzene rings is 1. The van der Waals surface area contributed by atoms with Crippen molar-refractivity contribution in [3.8, 4) is 17.2 Å². The summed E-state index contributed by atoms with van der Waals surface area (Å²) in [7, 11) is 3.07. The highest BCUT2D eigenvalue weighted by molar-refractivity contribution is 6.63. The predicted molar refractivity (Wildman–Crippen MR) is 55.9 cm³/mol. The normalized spacial score (nSPS) is 9.53. The van der Waals surface area contributed by atoms with E-state index in [2.05, 4.69) is 0 Å². The maximum absolute atomic E-state index is 10.5. The van der Waals surface area contributed by atoms with Gasteiger partial charge >= 0.3 is 0 Å². The Kier molecular flexibility index (Phi) is 4.24. The summed E-state index contributed by atoms with van der Waals surface area (Å²) in [6.07, 6.45) is 0. The van der Waals surface area contributed by atoms with Crippen LogP contribution in [0.3, 0.4) is 0 Å². The van der Waals surface area contributed by atoms with Crippen LogP contribution in [-0.4, -0.2) is 26.1 Å². The van der Waals surface area contributed by atoms with Crippen LogP contribution in [0.5, 0.6) is 17.2 Å². The van der Waals surface area contributed by atoms with Gasteiger partial charge in [-0.3, -0.25) is 4.79 Å². The molecule has 0 bridgehead atoms. The SMILES string of the molecule is COc1cc(OC)cc(OCC(=O)Cl)c1. The van der Waals surface area contributed by atoms with Gasteiger partial charge in [0.05, 0.1) is 14.2 Å². The molecule has 0 N–H and O–H groups in total. The maximum Gasteiger partial charge on any atom is 0.259 e. The molecule has 0 amide bonds. The van der Waals surface area contributed by atoms with Crippen LogP contribution in [0.15, 0.2) is 18.2 Å². The molecule has 4 nitrogen and oxygen atoms in total. The molecule has 1 aromatic rings. The lowest BCUT2D eigenvalue weighted by Crippen LogP contribution is -2.04. The lowest BCUT2D eigenvalue weighted by Gasteiger charge is -2.08. The van der Waals surface area contributed by atoms with Gasteiger partial charge in [-0.05, 0) is 11.6 Å². The van der Waals surface area contributed by atoms with Gasteiger partial charge < -0.3 is 14.2 Å². The molecular formula is C10H11ClO4. The highest BCUT2D eigenvalue weighted by atomic mass is 35.5. The van der Waals surface area contributed by atoms with Crippen molar-refractivity contribution in [2.24, 2.45) is 0 Å². The van der Waals surface area contributed by atoms with Gasteiger partial charge in [-0.25, -0.2) is 0 Å². The highest BCUT2D eigenvalue weighted by Gasteiger charge is 2.04. The van der Waals surface area contributed by atoms with E-state index in [-0.39, 0.29) is 6.61 Å². The average Bonchev–Trinajstić information content (AvgIpc) is 2.25. The van der Waals surface area contributed by atoms with Crippen molar-refractivity contribution in [3.05, 3.63) is 18.2 Å². The quantitative estimate of drug-likeness (QED) is 0.725. The molecule has 0 aliphatic carbocycles. The van der Waals surface area contributed by atoms with Crippen LogP contribution >= 0.6 is 11.6 Å². The molecule has 1 rings (SSSR count). The molecule has 0 unspecified atom stereocenters. The third-order valence-corrected chi connectivity index (χ3v) is 1.79. The second-order valence-electron chi connectivity index (χ2n) is 2.69. The second kappa shape index (κ2) is 5.46. The average molecular weight is 231 g/mol. The standard InChI is InChI=1S/C10H11ClO4/c1-13-7-3-8(14-2)5-9(4-7)15-6-10(11)12/h3-5H,6H2,1-2H3. The number of hydrogen-bond donors (Lipinski definition) is 0. The van der Waals surface area contributed by atoms with Gasteiger partial charge in [-0.1, -0.05) is 0 Å². The van der Waals surface area contributed by atoms with Gasteiger partial charge in [0.15, 0.2) is 6.61 Å². The number of carbonyl (C=O) groups is 1. The van der Waals surface area contributed by atoms with Gasteiger partial charge in [-0.15, -0.1) is 0 Å². The van der Waals surface area contributed by atoms with E-state index in [0.717, 1.165) is 0 Å². The molecule has 0 radical (unpaired) electrons. The van der Waals surface area contributed by atoms with Crippen LogP contribution in [0, 0.1) is 0 Å². The Balaban J connectivity index is 2.81. The molecule has 0 heterocycles. The third-order valence-electron chi connectivity index (χ3n) is 1.68. The zero-order valence-electron chi connectivity index (χ0n) is 8.45. The summed E-state index contributed by atoms with van der Waals surface area (Å²) in [5.41, 5.74) is 0. The monoisotopic (exact) mass is 230 g/mol. The number of hydrogen-bond acceptors (Lipinski definition) is 4. The molecule has 0 aromatic heterocycles. The van der Waals surface area contributed by atoms with Crippen molar-refractivity contribution < 1.29 is 19.0 Å². The van der Waals surface area contributed by atoms with Gasteiger partial charge in [0, 0.05) is 18.2 Å². The maximum atomic E-state index is 10.5. The summed E-state index contributed by atoms with van der Waals surface area (Å²) in [5.74, 6) is 1.65. The van der Waals surface area contributed by atoms with E-state index in [1.54, 1.807) is 18.2 Å². The van der Waals surface area contributed by atoms with Crippen LogP contribution in [0.4, 0.5) is 0 Å². The second-order valence-corrected chi connectivity index (χ2v) is 3.11. The Labute approximate surface area is 92.7 Å². The molecular weight excluding hydrogens is 220 g/mol. The van der Waals surface area contributed by atoms with Crippen LogP contribution in [0.25, 0.3) is 0 Å². The summed E-state index contributed by atoms with van der Waals surface area (Å²) in [4.78, 5) is 10.5. The molecule has 82 valence electrons. The Morgan fingerprint density at radius 2 is 1.60 bits per heavy atom. The lowest BCUT2D eigenvalue weighted by atomic mass is 10.3. The fraction of sp³-hybridized carbons (Fsp3) is 0.300. The third kappa shape index (κ3) is 3.67. The van der Waals surface area contributed by atoms with E-state index in [4.69, 9.17) is 25.8 Å². The van der Waals surface area contributed by atoms with E-state index < -0.39 is 5.24 Å². The van der Waals surface area contributed by atoms with Crippen molar-refractivity contribution in [3.63, 3.8) is 0 Å². The molecule has 0 atom stereocenters. The van der Waals surface area contributed by atoms with E-state index in [1.807, 2.05) is 0 Å². The van der Waals surface area contributed by atoms with E-state index in [1.165, 1.54) is 14.2 Å². The molecule has 0 aliphatic heterocycles. The van der Waals surface area contributed by atoms with Crippen LogP contribution in [-0.2, 0) is 4.79 Å². The van der Waals surface area contributed by atoms with Crippen molar-refractivity contribution in [2.75, 3.05) is 20.8 Å². The largest absolute Gasteiger partial charge is 0.496 e. The molecule has 0 aliphatic rings. The summed E-state index contributed by atoms with van der Waals surface area (Å²) >= 11 is 5.15. The molecule has 0 fully saturated rings. The summed E-state index contributed by atoms with van der Waals surface area (Å²) < 4.78 is 15.2. The van der Waals surface area contributed by atoms with E-state index >= 15 is 0 Å². The molecule has 5 heteroatoms. The van der Waals surface area contributed by atoms with Gasteiger partial charge in [0.2, 0.25) is 0 Å². The first-order valence-electron chi connectivity index (χ1n) is 4.20. The predicted octanol–water partition coefficient (Wildman–Crippen LogP) is 1.85. The Hall–Kier alpha value is -1.42. The number of halogens is 1. The number of methoxy groups -OCH3 is 2. The minimum absolute atomic E-state index is 0.183. The highest BCUT2D eigenvalue weighted by Crippen LogP contribution is 2.27. The molecule has 0 spiro atoms. The number of rotatable bonds is 5. The van der Waals surface area contributed by atoms with Crippen LogP contribution in [0.2, 0.25) is 0 Å². The van der Waals surface area contributed by atoms with Crippen LogP contribution in [0.1, 0.15) is 0 Å². The van der Waals surface area contributed by atoms with Crippen molar-refractivity contribution >= 4 is 16.8 Å². The summed E-state index contributed by atoms with van der Waals surface area (Å²) in [5, 5.41) is -0.559. The van der Waals surface area contributed by atoms with Crippen molar-refractivity contribution in [1.29, 1.82) is 0 Å². The Morgan fingerprint density at radius 1 is 1.13 bits per heavy atom. The fourth-order valence-electron chi connectivity index (χ4n) is 1.00. The Morgan fingerprint density at radius 3 is 2.00 bits per heavy atom. The zero-order chi connectivity index (χ0) is 11.3. The minimum atomic E-state index is -0.559. The first-order chi connectivity index (χ1) is 7.15. The first kappa shape index (κ1) is 11.7. The number of carbonyl (C=O) groups excluding carboxylic acids is 1. The topological polar surface area (TPSA) is 44.8 Å². The smallest absolute Gasteiger partial charge is 0.259 e. The van der Waals surface area contributed by atoms with E-state index in [0.29, 0.717) is 17.2 Å². The molecule has 0 saturated carbocycles. The van der Waals surface area contributed by atoms with Crippen molar-refractivity contribution in [1.82, 2.24) is 0 Å². The van der Waals surface area contributed by atoms with Crippen molar-refractivity contribution in [2.45, 2.75) is 0 Å². The fourth-order valence-corrected chi connectivity index (χ4v) is 1.06. The summed E-state index contributed by atoms with van der Waals surface area (Å²) in [6, 6.07) is 4.99. The van der Waals surface area contributed by atoms with Gasteiger partial charge in [-0.2, -0.15) is 0 Å². The minimum Gasteiger partial charge on any atom is -0.496 e. The molecule has 1 aromatic carbocycles.